The van der Waals surface area contributed by atoms with Gasteiger partial charge in [0.1, 0.15) is 11.4 Å². The molecule has 2 aromatic heterocycles. The average Bonchev–Trinajstić information content (AvgIpc) is 3.12. The second kappa shape index (κ2) is 14.5. The summed E-state index contributed by atoms with van der Waals surface area (Å²) < 4.78 is 8.01. The number of hydrogen-bond acceptors (Lipinski definition) is 3. The van der Waals surface area contributed by atoms with Crippen molar-refractivity contribution < 1.29 is 4.74 Å². The number of aryl methyl sites for hydroxylation is 1. The van der Waals surface area contributed by atoms with Gasteiger partial charge < -0.3 is 14.0 Å². The minimum atomic E-state index is 0. The van der Waals surface area contributed by atoms with Gasteiger partial charge in [-0.25, -0.2) is 4.98 Å². The molecule has 1 aromatic carbocycles. The Morgan fingerprint density at radius 3 is 2.20 bits per heavy atom. The predicted octanol–water partition coefficient (Wildman–Crippen LogP) is 6.47. The van der Waals surface area contributed by atoms with Crippen molar-refractivity contribution in [1.82, 2.24) is 14.3 Å². The lowest BCUT2D eigenvalue weighted by Gasteiger charge is -2.20. The summed E-state index contributed by atoms with van der Waals surface area (Å²) in [6.45, 7) is 10.8. The molecule has 7 heteroatoms. The molecule has 0 aliphatic carbocycles. The fraction of sp³-hybridized carbons (Fsp3) is 0.435. The van der Waals surface area contributed by atoms with E-state index in [0.717, 1.165) is 42.2 Å². The topological polar surface area (TPSA) is 29.8 Å². The molecule has 0 aliphatic heterocycles. The maximum Gasteiger partial charge on any atom is 0.140 e. The summed E-state index contributed by atoms with van der Waals surface area (Å²) in [5.41, 5.74) is 4.30. The number of fused-ring (bicyclic) bond motifs is 1. The number of pyridine rings is 1. The molecule has 0 fully saturated rings. The maximum absolute atomic E-state index is 5.93. The Balaban J connectivity index is 0.00000280. The molecule has 168 valence electrons. The Kier molecular flexibility index (Phi) is 13.8. The van der Waals surface area contributed by atoms with Crippen LogP contribution in [0.25, 0.3) is 16.9 Å². The molecule has 0 spiro atoms. The highest BCUT2D eigenvalue weighted by molar-refractivity contribution is 5.86. The molecule has 0 saturated carbocycles. The molecule has 0 unspecified atom stereocenters. The second-order valence-electron chi connectivity index (χ2n) is 7.12. The molecule has 3 rings (SSSR count). The van der Waals surface area contributed by atoms with Crippen molar-refractivity contribution in [1.29, 1.82) is 0 Å². The van der Waals surface area contributed by atoms with Crippen LogP contribution in [0, 0.1) is 6.92 Å². The van der Waals surface area contributed by atoms with E-state index in [1.807, 2.05) is 24.4 Å². The van der Waals surface area contributed by atoms with Crippen LogP contribution in [0.4, 0.5) is 0 Å². The van der Waals surface area contributed by atoms with Crippen molar-refractivity contribution in [3.05, 3.63) is 54.4 Å². The maximum atomic E-state index is 5.93. The van der Waals surface area contributed by atoms with Crippen molar-refractivity contribution in [2.24, 2.45) is 0 Å². The molecule has 0 radical (unpaired) electrons. The van der Waals surface area contributed by atoms with E-state index < -0.39 is 0 Å². The van der Waals surface area contributed by atoms with Crippen molar-refractivity contribution in [2.75, 3.05) is 26.2 Å². The molecule has 2 heterocycles. The molecular weight excluding hydrogens is 441 g/mol. The van der Waals surface area contributed by atoms with E-state index in [1.54, 1.807) is 0 Å². The smallest absolute Gasteiger partial charge is 0.140 e. The molecule has 30 heavy (non-hydrogen) atoms. The van der Waals surface area contributed by atoms with Gasteiger partial charge >= 0.3 is 0 Å². The lowest BCUT2D eigenvalue weighted by Crippen LogP contribution is -2.27. The van der Waals surface area contributed by atoms with Crippen LogP contribution >= 0.6 is 37.2 Å². The van der Waals surface area contributed by atoms with Crippen molar-refractivity contribution in [2.45, 2.75) is 40.0 Å². The highest BCUT2D eigenvalue weighted by Gasteiger charge is 2.07. The number of rotatable bonds is 10. The molecule has 0 saturated heterocycles. The van der Waals surface area contributed by atoms with Crippen LogP contribution in [0.2, 0.25) is 0 Å². The minimum Gasteiger partial charge on any atom is -0.494 e. The van der Waals surface area contributed by atoms with Gasteiger partial charge in [-0.2, -0.15) is 0 Å². The first-order valence-corrected chi connectivity index (χ1v) is 10.1. The van der Waals surface area contributed by atoms with Crippen LogP contribution in [0.15, 0.2) is 48.8 Å². The number of imidazole rings is 1. The van der Waals surface area contributed by atoms with Gasteiger partial charge in [0.25, 0.3) is 0 Å². The van der Waals surface area contributed by atoms with Gasteiger partial charge in [0.2, 0.25) is 0 Å². The zero-order valence-corrected chi connectivity index (χ0v) is 20.5. The zero-order valence-electron chi connectivity index (χ0n) is 18.0. The first-order valence-electron chi connectivity index (χ1n) is 10.1. The highest BCUT2D eigenvalue weighted by atomic mass is 35.5. The first kappa shape index (κ1) is 28.5. The predicted molar refractivity (Wildman–Crippen MR) is 134 cm³/mol. The summed E-state index contributed by atoms with van der Waals surface area (Å²) in [5, 5.41) is 0. The van der Waals surface area contributed by atoms with E-state index in [9.17, 15) is 0 Å². The third-order valence-corrected chi connectivity index (χ3v) is 4.80. The van der Waals surface area contributed by atoms with E-state index in [-0.39, 0.29) is 37.2 Å². The SMILES string of the molecule is CCCN(CCC)CCCOc1ccc(-c2cn3cccc(C)c3n2)cc1.Cl.Cl.Cl. The van der Waals surface area contributed by atoms with Crippen LogP contribution in [-0.4, -0.2) is 40.5 Å². The number of benzene rings is 1. The third-order valence-electron chi connectivity index (χ3n) is 4.80. The van der Waals surface area contributed by atoms with Gasteiger partial charge in [-0.05, 0) is 75.2 Å². The molecule has 0 atom stereocenters. The fourth-order valence-electron chi connectivity index (χ4n) is 3.46. The van der Waals surface area contributed by atoms with E-state index in [2.05, 4.69) is 54.5 Å². The van der Waals surface area contributed by atoms with Gasteiger partial charge in [-0.3, -0.25) is 0 Å². The number of hydrogen-bond donors (Lipinski definition) is 0. The monoisotopic (exact) mass is 473 g/mol. The van der Waals surface area contributed by atoms with Crippen LogP contribution < -0.4 is 4.74 Å². The number of nitrogens with zero attached hydrogens (tertiary/aromatic N) is 3. The Hall–Kier alpha value is -1.46. The summed E-state index contributed by atoms with van der Waals surface area (Å²) in [7, 11) is 0. The highest BCUT2D eigenvalue weighted by Crippen LogP contribution is 2.23. The summed E-state index contributed by atoms with van der Waals surface area (Å²) in [6, 6.07) is 12.4. The van der Waals surface area contributed by atoms with Crippen LogP contribution in [0.1, 0.15) is 38.7 Å². The fourth-order valence-corrected chi connectivity index (χ4v) is 3.46. The standard InChI is InChI=1S/C23H31N3O.3ClH/c1-4-13-25(14-5-2)15-7-17-27-21-11-9-20(10-12-21)22-18-26-16-6-8-19(3)23(26)24-22;;;/h6,8-12,16,18H,4-5,7,13-15,17H2,1-3H3;3*1H. The van der Waals surface area contributed by atoms with E-state index in [4.69, 9.17) is 9.72 Å². The van der Waals surface area contributed by atoms with E-state index in [1.165, 1.54) is 31.5 Å². The number of ether oxygens (including phenoxy) is 1. The number of aromatic nitrogens is 2. The Morgan fingerprint density at radius 2 is 1.60 bits per heavy atom. The zero-order chi connectivity index (χ0) is 19.1. The molecule has 0 amide bonds. The molecular formula is C23H34Cl3N3O. The van der Waals surface area contributed by atoms with Crippen molar-refractivity contribution >= 4 is 42.9 Å². The molecule has 4 nitrogen and oxygen atoms in total. The van der Waals surface area contributed by atoms with Crippen LogP contribution in [0.5, 0.6) is 5.75 Å². The first-order chi connectivity index (χ1) is 13.2. The van der Waals surface area contributed by atoms with Crippen LogP contribution in [-0.2, 0) is 0 Å². The second-order valence-corrected chi connectivity index (χ2v) is 7.12. The van der Waals surface area contributed by atoms with E-state index >= 15 is 0 Å². The average molecular weight is 475 g/mol. The lowest BCUT2D eigenvalue weighted by atomic mass is 10.1. The van der Waals surface area contributed by atoms with Gasteiger partial charge in [0, 0.05) is 24.5 Å². The Labute approximate surface area is 199 Å². The normalized spacial score (nSPS) is 10.3. The molecule has 0 bridgehead atoms. The Morgan fingerprint density at radius 1 is 0.933 bits per heavy atom. The lowest BCUT2D eigenvalue weighted by molar-refractivity contribution is 0.234. The largest absolute Gasteiger partial charge is 0.494 e. The molecule has 0 N–H and O–H groups in total. The van der Waals surface area contributed by atoms with Crippen LogP contribution in [0.3, 0.4) is 0 Å². The summed E-state index contributed by atoms with van der Waals surface area (Å²) in [4.78, 5) is 7.28. The Bertz CT molecular complexity index is 847. The van der Waals surface area contributed by atoms with Gasteiger partial charge in [0.15, 0.2) is 0 Å². The van der Waals surface area contributed by atoms with Gasteiger partial charge in [-0.1, -0.05) is 19.9 Å². The summed E-state index contributed by atoms with van der Waals surface area (Å²) in [6.07, 6.45) is 7.61. The summed E-state index contributed by atoms with van der Waals surface area (Å²) >= 11 is 0. The molecule has 3 aromatic rings. The third kappa shape index (κ3) is 7.66. The quantitative estimate of drug-likeness (QED) is 0.316. The minimum absolute atomic E-state index is 0. The van der Waals surface area contributed by atoms with Crippen molar-refractivity contribution in [3.8, 4) is 17.0 Å². The number of halogens is 3. The molecule has 0 aliphatic rings. The van der Waals surface area contributed by atoms with E-state index in [0.29, 0.717) is 0 Å². The van der Waals surface area contributed by atoms with Crippen molar-refractivity contribution in [3.63, 3.8) is 0 Å². The van der Waals surface area contributed by atoms with Gasteiger partial charge in [0.05, 0.1) is 12.3 Å². The summed E-state index contributed by atoms with van der Waals surface area (Å²) in [5.74, 6) is 0.927. The van der Waals surface area contributed by atoms with Gasteiger partial charge in [-0.15, -0.1) is 37.2 Å².